The van der Waals surface area contributed by atoms with Crippen molar-refractivity contribution in [3.8, 4) is 5.75 Å². The van der Waals surface area contributed by atoms with Crippen LogP contribution in [0.1, 0.15) is 11.7 Å². The molecule has 14 heavy (non-hydrogen) atoms. The maximum atomic E-state index is 12.0. The average molecular weight is 227 g/mol. The zero-order chi connectivity index (χ0) is 10.9. The highest BCUT2D eigenvalue weighted by Crippen LogP contribution is 2.37. The van der Waals surface area contributed by atoms with Crippen molar-refractivity contribution >= 4 is 11.6 Å². The first-order valence-corrected chi connectivity index (χ1v) is 3.93. The quantitative estimate of drug-likeness (QED) is 0.773. The monoisotopic (exact) mass is 226 g/mol. The number of hydrogen-bond acceptors (Lipinski definition) is 2. The van der Waals surface area contributed by atoms with E-state index in [2.05, 4.69) is 0 Å². The van der Waals surface area contributed by atoms with Gasteiger partial charge in [0.05, 0.1) is 0 Å². The predicted octanol–water partition coefficient (Wildman–Crippen LogP) is 2.64. The van der Waals surface area contributed by atoms with E-state index in [1.54, 1.807) is 0 Å². The summed E-state index contributed by atoms with van der Waals surface area (Å²) in [5.74, 6) is -0.678. The lowest BCUT2D eigenvalue weighted by Gasteiger charge is -2.15. The third-order valence-electron chi connectivity index (χ3n) is 1.60. The van der Waals surface area contributed by atoms with Gasteiger partial charge in [-0.2, -0.15) is 13.2 Å². The first-order chi connectivity index (χ1) is 6.32. The number of halogens is 4. The Morgan fingerprint density at radius 3 is 2.29 bits per heavy atom. The number of benzene rings is 1. The van der Waals surface area contributed by atoms with E-state index in [9.17, 15) is 13.2 Å². The summed E-state index contributed by atoms with van der Waals surface area (Å²) in [4.78, 5) is 0. The van der Waals surface area contributed by atoms with Crippen LogP contribution in [0.15, 0.2) is 18.2 Å². The second-order valence-electron chi connectivity index (χ2n) is 2.65. The smallest absolute Gasteiger partial charge is 0.418 e. The van der Waals surface area contributed by atoms with Gasteiger partial charge in [0.15, 0.2) is 6.10 Å². The van der Waals surface area contributed by atoms with Crippen molar-refractivity contribution in [1.82, 2.24) is 0 Å². The molecule has 0 fully saturated rings. The van der Waals surface area contributed by atoms with Gasteiger partial charge in [0.1, 0.15) is 5.75 Å². The third kappa shape index (κ3) is 2.30. The highest BCUT2D eigenvalue weighted by atomic mass is 35.5. The third-order valence-corrected chi connectivity index (χ3v) is 1.83. The first kappa shape index (κ1) is 11.1. The summed E-state index contributed by atoms with van der Waals surface area (Å²) in [5.41, 5.74) is -0.609. The van der Waals surface area contributed by atoms with E-state index >= 15 is 0 Å². The fraction of sp³-hybridized carbons (Fsp3) is 0.250. The minimum atomic E-state index is -4.80. The number of aromatic hydroxyl groups is 1. The van der Waals surface area contributed by atoms with Crippen LogP contribution in [0.2, 0.25) is 5.02 Å². The highest BCUT2D eigenvalue weighted by molar-refractivity contribution is 6.30. The summed E-state index contributed by atoms with van der Waals surface area (Å²) in [6, 6.07) is 3.02. The SMILES string of the molecule is Oc1cc(Cl)ccc1C(O)C(F)(F)F. The Morgan fingerprint density at radius 1 is 1.29 bits per heavy atom. The maximum absolute atomic E-state index is 12.0. The number of rotatable bonds is 1. The van der Waals surface area contributed by atoms with E-state index in [0.29, 0.717) is 0 Å². The van der Waals surface area contributed by atoms with Crippen molar-refractivity contribution in [2.75, 3.05) is 0 Å². The number of phenols is 1. The van der Waals surface area contributed by atoms with Crippen molar-refractivity contribution < 1.29 is 23.4 Å². The van der Waals surface area contributed by atoms with Crippen LogP contribution in [0.3, 0.4) is 0 Å². The molecule has 0 aromatic heterocycles. The number of phenolic OH excluding ortho intramolecular Hbond substituents is 1. The zero-order valence-electron chi connectivity index (χ0n) is 6.72. The Bertz CT molecular complexity index is 338. The van der Waals surface area contributed by atoms with Crippen LogP contribution in [-0.2, 0) is 0 Å². The van der Waals surface area contributed by atoms with Gasteiger partial charge in [-0.3, -0.25) is 0 Å². The van der Waals surface area contributed by atoms with Gasteiger partial charge in [-0.1, -0.05) is 17.7 Å². The number of alkyl halides is 3. The molecule has 78 valence electrons. The molecule has 1 rings (SSSR count). The summed E-state index contributed by atoms with van der Waals surface area (Å²) in [5, 5.41) is 18.0. The predicted molar refractivity (Wildman–Crippen MR) is 44.1 cm³/mol. The molecule has 0 amide bonds. The zero-order valence-corrected chi connectivity index (χ0v) is 7.47. The van der Waals surface area contributed by atoms with Crippen LogP contribution < -0.4 is 0 Å². The lowest BCUT2D eigenvalue weighted by Crippen LogP contribution is -2.20. The molecular weight excluding hydrogens is 221 g/mol. The van der Waals surface area contributed by atoms with Crippen LogP contribution in [0.5, 0.6) is 5.75 Å². The van der Waals surface area contributed by atoms with Gasteiger partial charge >= 0.3 is 6.18 Å². The summed E-state index contributed by atoms with van der Waals surface area (Å²) in [6.07, 6.45) is -7.49. The number of aliphatic hydroxyl groups excluding tert-OH is 1. The Kier molecular flexibility index (Phi) is 2.92. The topological polar surface area (TPSA) is 40.5 Å². The molecule has 1 atom stereocenters. The summed E-state index contributed by atoms with van der Waals surface area (Å²) >= 11 is 5.41. The van der Waals surface area contributed by atoms with Crippen molar-refractivity contribution in [1.29, 1.82) is 0 Å². The highest BCUT2D eigenvalue weighted by Gasteiger charge is 2.40. The van der Waals surface area contributed by atoms with Gasteiger partial charge in [0.2, 0.25) is 0 Å². The van der Waals surface area contributed by atoms with Gasteiger partial charge in [0, 0.05) is 10.6 Å². The van der Waals surface area contributed by atoms with Crippen LogP contribution in [-0.4, -0.2) is 16.4 Å². The summed E-state index contributed by atoms with van der Waals surface area (Å²) in [7, 11) is 0. The van der Waals surface area contributed by atoms with Gasteiger partial charge in [-0.25, -0.2) is 0 Å². The largest absolute Gasteiger partial charge is 0.508 e. The van der Waals surface area contributed by atoms with E-state index in [1.807, 2.05) is 0 Å². The van der Waals surface area contributed by atoms with E-state index < -0.39 is 23.6 Å². The van der Waals surface area contributed by atoms with E-state index in [1.165, 1.54) is 0 Å². The molecule has 6 heteroatoms. The first-order valence-electron chi connectivity index (χ1n) is 3.55. The molecule has 0 heterocycles. The second kappa shape index (κ2) is 3.67. The molecule has 0 bridgehead atoms. The van der Waals surface area contributed by atoms with Crippen molar-refractivity contribution in [3.05, 3.63) is 28.8 Å². The molecule has 0 aliphatic rings. The summed E-state index contributed by atoms with van der Waals surface area (Å²) in [6.45, 7) is 0. The molecule has 1 aromatic rings. The van der Waals surface area contributed by atoms with E-state index in [0.717, 1.165) is 18.2 Å². The fourth-order valence-corrected chi connectivity index (χ4v) is 1.09. The molecule has 0 aliphatic heterocycles. The summed E-state index contributed by atoms with van der Waals surface area (Å²) < 4.78 is 36.1. The minimum Gasteiger partial charge on any atom is -0.508 e. The number of aliphatic hydroxyl groups is 1. The van der Waals surface area contributed by atoms with Crippen LogP contribution in [0.4, 0.5) is 13.2 Å². The van der Waals surface area contributed by atoms with Gasteiger partial charge in [0.25, 0.3) is 0 Å². The second-order valence-corrected chi connectivity index (χ2v) is 3.08. The lowest BCUT2D eigenvalue weighted by atomic mass is 10.1. The van der Waals surface area contributed by atoms with Crippen molar-refractivity contribution in [3.63, 3.8) is 0 Å². The Hall–Kier alpha value is -0.940. The Labute approximate surface area is 82.5 Å². The molecule has 0 radical (unpaired) electrons. The van der Waals surface area contributed by atoms with Crippen LogP contribution in [0.25, 0.3) is 0 Å². The molecule has 2 nitrogen and oxygen atoms in total. The van der Waals surface area contributed by atoms with Gasteiger partial charge in [-0.15, -0.1) is 0 Å². The molecular formula is C8H6ClF3O2. The fourth-order valence-electron chi connectivity index (χ4n) is 0.924. The number of hydrogen-bond donors (Lipinski definition) is 2. The maximum Gasteiger partial charge on any atom is 0.418 e. The van der Waals surface area contributed by atoms with Crippen molar-refractivity contribution in [2.45, 2.75) is 12.3 Å². The van der Waals surface area contributed by atoms with Crippen molar-refractivity contribution in [2.24, 2.45) is 0 Å². The minimum absolute atomic E-state index is 0.0978. The lowest BCUT2D eigenvalue weighted by molar-refractivity contribution is -0.207. The van der Waals surface area contributed by atoms with Gasteiger partial charge in [-0.05, 0) is 12.1 Å². The van der Waals surface area contributed by atoms with Crippen LogP contribution >= 0.6 is 11.6 Å². The standard InChI is InChI=1S/C8H6ClF3O2/c9-4-1-2-5(6(13)3-4)7(14)8(10,11)12/h1-3,7,13-14H. The van der Waals surface area contributed by atoms with E-state index in [4.69, 9.17) is 21.8 Å². The van der Waals surface area contributed by atoms with Gasteiger partial charge < -0.3 is 10.2 Å². The van der Waals surface area contributed by atoms with Crippen LogP contribution in [0, 0.1) is 0 Å². The Morgan fingerprint density at radius 2 is 1.86 bits per heavy atom. The van der Waals surface area contributed by atoms with E-state index in [-0.39, 0.29) is 5.02 Å². The molecule has 0 aliphatic carbocycles. The molecule has 2 N–H and O–H groups in total. The molecule has 0 saturated carbocycles. The molecule has 1 aromatic carbocycles. The molecule has 0 spiro atoms. The molecule has 0 saturated heterocycles. The average Bonchev–Trinajstić information content (AvgIpc) is 2.01. The molecule has 1 unspecified atom stereocenters. The Balaban J connectivity index is 3.08. The normalized spacial score (nSPS) is 14.1.